The van der Waals surface area contributed by atoms with Gasteiger partial charge in [0.05, 0.1) is 12.3 Å². The number of anilines is 1. The summed E-state index contributed by atoms with van der Waals surface area (Å²) in [5.74, 6) is 0.642. The summed E-state index contributed by atoms with van der Waals surface area (Å²) in [6, 6.07) is 6.93. The highest BCUT2D eigenvalue weighted by molar-refractivity contribution is 9.10. The summed E-state index contributed by atoms with van der Waals surface area (Å²) in [5, 5.41) is 0. The number of ether oxygens (including phenoxy) is 1. The van der Waals surface area contributed by atoms with Gasteiger partial charge in [-0.2, -0.15) is 0 Å². The van der Waals surface area contributed by atoms with Crippen molar-refractivity contribution in [2.75, 3.05) is 31.7 Å². The topological polar surface area (TPSA) is 38.5 Å². The van der Waals surface area contributed by atoms with Gasteiger partial charge in [0, 0.05) is 30.7 Å². The summed E-state index contributed by atoms with van der Waals surface area (Å²) in [6.45, 7) is 5.21. The van der Waals surface area contributed by atoms with E-state index >= 15 is 0 Å². The number of nitrogens with two attached hydrogens (primary N) is 1. The standard InChI is InChI=1S/C17H27BrN2O/c1-3-15(19)9-13-6-7-17(16(18)10-13)20-8-4-5-14(11-20)12-21-2/h6-7,10,14-15H,3-5,8-9,11-12,19H2,1-2H3. The van der Waals surface area contributed by atoms with Crippen molar-refractivity contribution < 1.29 is 4.74 Å². The SMILES string of the molecule is CCC(N)Cc1ccc(N2CCCC(COC)C2)c(Br)c1. The molecular weight excluding hydrogens is 328 g/mol. The molecule has 1 aromatic carbocycles. The number of piperidine rings is 1. The first-order chi connectivity index (χ1) is 10.1. The zero-order valence-corrected chi connectivity index (χ0v) is 14.7. The van der Waals surface area contributed by atoms with Crippen molar-refractivity contribution in [1.29, 1.82) is 0 Å². The van der Waals surface area contributed by atoms with Gasteiger partial charge < -0.3 is 15.4 Å². The quantitative estimate of drug-likeness (QED) is 0.848. The zero-order chi connectivity index (χ0) is 15.2. The monoisotopic (exact) mass is 354 g/mol. The van der Waals surface area contributed by atoms with Crippen molar-refractivity contribution in [2.24, 2.45) is 11.7 Å². The van der Waals surface area contributed by atoms with Crippen LogP contribution in [0.2, 0.25) is 0 Å². The van der Waals surface area contributed by atoms with E-state index in [-0.39, 0.29) is 6.04 Å². The molecule has 0 aromatic heterocycles. The van der Waals surface area contributed by atoms with Crippen LogP contribution < -0.4 is 10.6 Å². The smallest absolute Gasteiger partial charge is 0.0510 e. The summed E-state index contributed by atoms with van der Waals surface area (Å²) < 4.78 is 6.50. The third-order valence-electron chi connectivity index (χ3n) is 4.30. The maximum Gasteiger partial charge on any atom is 0.0510 e. The fourth-order valence-corrected chi connectivity index (χ4v) is 3.71. The summed E-state index contributed by atoms with van der Waals surface area (Å²) in [6.07, 6.45) is 4.47. The van der Waals surface area contributed by atoms with Crippen molar-refractivity contribution in [2.45, 2.75) is 38.6 Å². The number of benzene rings is 1. The third kappa shape index (κ3) is 4.70. The first-order valence-electron chi connectivity index (χ1n) is 7.92. The normalized spacial score (nSPS) is 20.6. The summed E-state index contributed by atoms with van der Waals surface area (Å²) in [5.41, 5.74) is 8.65. The van der Waals surface area contributed by atoms with Gasteiger partial charge in [-0.1, -0.05) is 13.0 Å². The molecule has 1 heterocycles. The van der Waals surface area contributed by atoms with Gasteiger partial charge in [-0.05, 0) is 65.2 Å². The summed E-state index contributed by atoms with van der Waals surface area (Å²) in [4.78, 5) is 2.47. The minimum Gasteiger partial charge on any atom is -0.384 e. The predicted octanol–water partition coefficient (Wildman–Crippen LogP) is 3.59. The highest BCUT2D eigenvalue weighted by Gasteiger charge is 2.21. The lowest BCUT2D eigenvalue weighted by Gasteiger charge is -2.34. The van der Waals surface area contributed by atoms with E-state index in [1.807, 2.05) is 0 Å². The lowest BCUT2D eigenvalue weighted by Crippen LogP contribution is -2.37. The lowest BCUT2D eigenvalue weighted by molar-refractivity contribution is 0.143. The second-order valence-corrected chi connectivity index (χ2v) is 6.92. The van der Waals surface area contributed by atoms with Crippen LogP contribution in [-0.4, -0.2) is 32.8 Å². The number of rotatable bonds is 6. The van der Waals surface area contributed by atoms with E-state index in [2.05, 4.69) is 46.0 Å². The molecule has 4 heteroatoms. The Morgan fingerprint density at radius 2 is 2.29 bits per heavy atom. The van der Waals surface area contributed by atoms with Crippen molar-refractivity contribution in [1.82, 2.24) is 0 Å². The van der Waals surface area contributed by atoms with Gasteiger partial charge in [0.2, 0.25) is 0 Å². The first-order valence-corrected chi connectivity index (χ1v) is 8.71. The van der Waals surface area contributed by atoms with Crippen LogP contribution in [0.3, 0.4) is 0 Å². The summed E-state index contributed by atoms with van der Waals surface area (Å²) >= 11 is 3.74. The Labute approximate surface area is 137 Å². The maximum atomic E-state index is 6.05. The molecule has 0 radical (unpaired) electrons. The van der Waals surface area contributed by atoms with Crippen LogP contribution in [0, 0.1) is 5.92 Å². The fourth-order valence-electron chi connectivity index (χ4n) is 3.04. The number of halogens is 1. The van der Waals surface area contributed by atoms with Gasteiger partial charge in [-0.15, -0.1) is 0 Å². The average Bonchev–Trinajstić information content (AvgIpc) is 2.48. The molecule has 3 nitrogen and oxygen atoms in total. The highest BCUT2D eigenvalue weighted by atomic mass is 79.9. The van der Waals surface area contributed by atoms with E-state index in [0.717, 1.165) is 32.5 Å². The highest BCUT2D eigenvalue weighted by Crippen LogP contribution is 2.31. The summed E-state index contributed by atoms with van der Waals surface area (Å²) in [7, 11) is 1.79. The average molecular weight is 355 g/mol. The van der Waals surface area contributed by atoms with Crippen LogP contribution in [0.4, 0.5) is 5.69 Å². The third-order valence-corrected chi connectivity index (χ3v) is 4.93. The number of hydrogen-bond donors (Lipinski definition) is 1. The molecule has 1 aliphatic rings. The molecule has 2 atom stereocenters. The van der Waals surface area contributed by atoms with E-state index in [1.54, 1.807) is 7.11 Å². The molecule has 118 valence electrons. The number of hydrogen-bond acceptors (Lipinski definition) is 3. The van der Waals surface area contributed by atoms with Gasteiger partial charge in [-0.25, -0.2) is 0 Å². The Kier molecular flexibility index (Phi) is 6.52. The van der Waals surface area contributed by atoms with Crippen LogP contribution in [0.15, 0.2) is 22.7 Å². The molecule has 0 spiro atoms. The van der Waals surface area contributed by atoms with Crippen LogP contribution in [0.1, 0.15) is 31.7 Å². The Balaban J connectivity index is 2.06. The van der Waals surface area contributed by atoms with Gasteiger partial charge in [0.15, 0.2) is 0 Å². The van der Waals surface area contributed by atoms with Gasteiger partial charge >= 0.3 is 0 Å². The van der Waals surface area contributed by atoms with Gasteiger partial charge in [0.1, 0.15) is 0 Å². The molecule has 1 aromatic rings. The van der Waals surface area contributed by atoms with Crippen molar-refractivity contribution >= 4 is 21.6 Å². The molecule has 2 unspecified atom stereocenters. The van der Waals surface area contributed by atoms with E-state index in [0.29, 0.717) is 5.92 Å². The first kappa shape index (κ1) is 16.8. The molecule has 0 saturated carbocycles. The molecule has 2 N–H and O–H groups in total. The van der Waals surface area contributed by atoms with Crippen molar-refractivity contribution in [3.63, 3.8) is 0 Å². The van der Waals surface area contributed by atoms with E-state index in [4.69, 9.17) is 10.5 Å². The van der Waals surface area contributed by atoms with E-state index in [9.17, 15) is 0 Å². The lowest BCUT2D eigenvalue weighted by atomic mass is 9.98. The molecule has 21 heavy (non-hydrogen) atoms. The van der Waals surface area contributed by atoms with Gasteiger partial charge in [0.25, 0.3) is 0 Å². The minimum absolute atomic E-state index is 0.254. The van der Waals surface area contributed by atoms with Crippen LogP contribution in [-0.2, 0) is 11.2 Å². The number of methoxy groups -OCH3 is 1. The largest absolute Gasteiger partial charge is 0.384 e. The van der Waals surface area contributed by atoms with Gasteiger partial charge in [-0.3, -0.25) is 0 Å². The van der Waals surface area contributed by atoms with E-state index < -0.39 is 0 Å². The second kappa shape index (κ2) is 8.16. The second-order valence-electron chi connectivity index (χ2n) is 6.07. The fraction of sp³-hybridized carbons (Fsp3) is 0.647. The molecule has 1 saturated heterocycles. The molecule has 0 bridgehead atoms. The molecule has 2 rings (SSSR count). The predicted molar refractivity (Wildman–Crippen MR) is 92.9 cm³/mol. The molecule has 1 aliphatic heterocycles. The Morgan fingerprint density at radius 1 is 1.48 bits per heavy atom. The molecule has 0 aliphatic carbocycles. The maximum absolute atomic E-state index is 6.05. The zero-order valence-electron chi connectivity index (χ0n) is 13.1. The minimum atomic E-state index is 0.254. The van der Waals surface area contributed by atoms with Crippen molar-refractivity contribution in [3.05, 3.63) is 28.2 Å². The van der Waals surface area contributed by atoms with Crippen molar-refractivity contribution in [3.8, 4) is 0 Å². The van der Waals surface area contributed by atoms with Crippen LogP contribution in [0.25, 0.3) is 0 Å². The Hall–Kier alpha value is -0.580. The molecule has 0 amide bonds. The number of nitrogens with zero attached hydrogens (tertiary/aromatic N) is 1. The molecule has 1 fully saturated rings. The van der Waals surface area contributed by atoms with Crippen LogP contribution in [0.5, 0.6) is 0 Å². The Bertz CT molecular complexity index is 450. The molecular formula is C17H27BrN2O. The Morgan fingerprint density at radius 3 is 2.95 bits per heavy atom. The van der Waals surface area contributed by atoms with Crippen LogP contribution >= 0.6 is 15.9 Å². The van der Waals surface area contributed by atoms with E-state index in [1.165, 1.54) is 28.6 Å².